The molecule has 0 fully saturated rings. The van der Waals surface area contributed by atoms with Gasteiger partial charge in [0, 0.05) is 11.3 Å². The third-order valence-corrected chi connectivity index (χ3v) is 3.24. The van der Waals surface area contributed by atoms with Gasteiger partial charge in [0.25, 0.3) is 0 Å². The summed E-state index contributed by atoms with van der Waals surface area (Å²) in [7, 11) is 0. The molecule has 1 rings (SSSR count). The Hall–Kier alpha value is -0.880. The molecular weight excluding hydrogens is 301 g/mol. The lowest BCUT2D eigenvalue weighted by molar-refractivity contribution is -0.116. The highest BCUT2D eigenvalue weighted by Crippen LogP contribution is 2.40. The number of benzene rings is 1. The monoisotopic (exact) mass is 312 g/mol. The first-order chi connectivity index (χ1) is 8.85. The highest BCUT2D eigenvalue weighted by Gasteiger charge is 2.30. The second-order valence-corrected chi connectivity index (χ2v) is 4.97. The summed E-state index contributed by atoms with van der Waals surface area (Å²) in [6.45, 7) is 2.09. The summed E-state index contributed by atoms with van der Waals surface area (Å²) >= 11 is 5.11. The van der Waals surface area contributed by atoms with Crippen LogP contribution in [0.2, 0.25) is 0 Å². The zero-order chi connectivity index (χ0) is 14.5. The molecular formula is C12H12ClF3O2S. The molecule has 0 saturated heterocycles. The van der Waals surface area contributed by atoms with Crippen LogP contribution in [0.15, 0.2) is 23.1 Å². The van der Waals surface area contributed by atoms with Gasteiger partial charge in [-0.1, -0.05) is 6.07 Å². The number of rotatable bonds is 6. The van der Waals surface area contributed by atoms with Crippen LogP contribution in [0.4, 0.5) is 13.2 Å². The van der Waals surface area contributed by atoms with Crippen LogP contribution in [0.3, 0.4) is 0 Å². The molecule has 0 aliphatic rings. The predicted molar refractivity (Wildman–Crippen MR) is 69.0 cm³/mol. The van der Waals surface area contributed by atoms with Gasteiger partial charge in [-0.05, 0) is 36.4 Å². The molecule has 1 aromatic carbocycles. The number of alkyl halides is 4. The van der Waals surface area contributed by atoms with Crippen molar-refractivity contribution in [3.05, 3.63) is 23.8 Å². The minimum Gasteiger partial charge on any atom is -0.494 e. The lowest BCUT2D eigenvalue weighted by Crippen LogP contribution is -2.07. The van der Waals surface area contributed by atoms with Crippen molar-refractivity contribution >= 4 is 29.1 Å². The number of halogens is 4. The van der Waals surface area contributed by atoms with Crippen LogP contribution in [0.25, 0.3) is 0 Å². The van der Waals surface area contributed by atoms with Crippen molar-refractivity contribution in [2.75, 3.05) is 12.5 Å². The van der Waals surface area contributed by atoms with E-state index in [1.165, 1.54) is 12.1 Å². The number of carbonyl (C=O) groups is 1. The Morgan fingerprint density at radius 3 is 2.63 bits per heavy atom. The Bertz CT molecular complexity index is 449. The SMILES string of the molecule is CCOc1ccc(CC(=O)CCl)c(SC(F)(F)F)c1. The van der Waals surface area contributed by atoms with E-state index in [1.54, 1.807) is 13.0 Å². The van der Waals surface area contributed by atoms with E-state index in [1.807, 2.05) is 0 Å². The highest BCUT2D eigenvalue weighted by molar-refractivity contribution is 8.00. The zero-order valence-electron chi connectivity index (χ0n) is 10.1. The average molecular weight is 313 g/mol. The molecule has 7 heteroatoms. The van der Waals surface area contributed by atoms with Gasteiger partial charge in [0.05, 0.1) is 12.5 Å². The van der Waals surface area contributed by atoms with Gasteiger partial charge in [0.15, 0.2) is 5.78 Å². The van der Waals surface area contributed by atoms with E-state index < -0.39 is 5.51 Å². The van der Waals surface area contributed by atoms with Crippen LogP contribution in [0.1, 0.15) is 12.5 Å². The van der Waals surface area contributed by atoms with Crippen molar-refractivity contribution in [3.63, 3.8) is 0 Å². The number of hydrogen-bond donors (Lipinski definition) is 0. The standard InChI is InChI=1S/C12H12ClF3O2S/c1-2-18-10-4-3-8(5-9(17)7-13)11(6-10)19-12(14,15)16/h3-4,6H,2,5,7H2,1H3. The summed E-state index contributed by atoms with van der Waals surface area (Å²) in [6.07, 6.45) is -0.117. The van der Waals surface area contributed by atoms with E-state index in [4.69, 9.17) is 16.3 Å². The molecule has 0 atom stereocenters. The fourth-order valence-electron chi connectivity index (χ4n) is 1.42. The largest absolute Gasteiger partial charge is 0.494 e. The van der Waals surface area contributed by atoms with Gasteiger partial charge in [-0.15, -0.1) is 11.6 Å². The molecule has 0 radical (unpaired) electrons. The van der Waals surface area contributed by atoms with Crippen LogP contribution in [0, 0.1) is 0 Å². The summed E-state index contributed by atoms with van der Waals surface area (Å²) in [5.74, 6) is -0.199. The Morgan fingerprint density at radius 2 is 2.11 bits per heavy atom. The molecule has 0 saturated carbocycles. The maximum absolute atomic E-state index is 12.5. The van der Waals surface area contributed by atoms with E-state index in [2.05, 4.69) is 0 Å². The fourth-order valence-corrected chi connectivity index (χ4v) is 2.21. The van der Waals surface area contributed by atoms with E-state index >= 15 is 0 Å². The average Bonchev–Trinajstić information content (AvgIpc) is 2.30. The normalized spacial score (nSPS) is 11.4. The maximum atomic E-state index is 12.5. The molecule has 0 spiro atoms. The molecule has 0 bridgehead atoms. The van der Waals surface area contributed by atoms with Gasteiger partial charge in [0.1, 0.15) is 5.75 Å². The third kappa shape index (κ3) is 5.74. The van der Waals surface area contributed by atoms with Crippen LogP contribution in [0.5, 0.6) is 5.75 Å². The van der Waals surface area contributed by atoms with Crippen LogP contribution < -0.4 is 4.74 Å². The van der Waals surface area contributed by atoms with Crippen LogP contribution in [-0.2, 0) is 11.2 Å². The van der Waals surface area contributed by atoms with Gasteiger partial charge in [0.2, 0.25) is 0 Å². The molecule has 0 aliphatic carbocycles. The summed E-state index contributed by atoms with van der Waals surface area (Å²) < 4.78 is 42.6. The molecule has 106 valence electrons. The summed E-state index contributed by atoms with van der Waals surface area (Å²) in [4.78, 5) is 11.2. The molecule has 0 amide bonds. The summed E-state index contributed by atoms with van der Waals surface area (Å²) in [5.41, 5.74) is -4.11. The van der Waals surface area contributed by atoms with Crippen molar-refractivity contribution in [1.29, 1.82) is 0 Å². The van der Waals surface area contributed by atoms with E-state index in [0.717, 1.165) is 0 Å². The lowest BCUT2D eigenvalue weighted by Gasteiger charge is -2.12. The Kier molecular flexibility index (Phi) is 6.00. The second-order valence-electron chi connectivity index (χ2n) is 3.60. The Labute approximate surface area is 118 Å². The number of hydrogen-bond acceptors (Lipinski definition) is 3. The van der Waals surface area contributed by atoms with Crippen LogP contribution in [-0.4, -0.2) is 23.8 Å². The molecule has 0 aliphatic heterocycles. The first-order valence-corrected chi connectivity index (χ1v) is 6.80. The molecule has 0 heterocycles. The van der Waals surface area contributed by atoms with Crippen molar-refractivity contribution in [1.82, 2.24) is 0 Å². The Balaban J connectivity index is 3.03. The number of Topliss-reactive ketones (excluding diaryl/α,β-unsaturated/α-hetero) is 1. The topological polar surface area (TPSA) is 26.3 Å². The van der Waals surface area contributed by atoms with Crippen molar-refractivity contribution in [2.24, 2.45) is 0 Å². The van der Waals surface area contributed by atoms with E-state index in [0.29, 0.717) is 17.9 Å². The Morgan fingerprint density at radius 1 is 1.42 bits per heavy atom. The van der Waals surface area contributed by atoms with E-state index in [-0.39, 0.29) is 34.7 Å². The first kappa shape index (κ1) is 16.2. The van der Waals surface area contributed by atoms with Gasteiger partial charge in [-0.3, -0.25) is 4.79 Å². The maximum Gasteiger partial charge on any atom is 0.446 e. The number of ketones is 1. The quantitative estimate of drug-likeness (QED) is 0.585. The minimum absolute atomic E-state index is 0.0306. The van der Waals surface area contributed by atoms with E-state index in [9.17, 15) is 18.0 Å². The second kappa shape index (κ2) is 7.05. The minimum atomic E-state index is -4.41. The molecule has 19 heavy (non-hydrogen) atoms. The summed E-state index contributed by atoms with van der Waals surface area (Å²) in [5, 5.41) is 0. The van der Waals surface area contributed by atoms with Crippen molar-refractivity contribution in [3.8, 4) is 5.75 Å². The smallest absolute Gasteiger partial charge is 0.446 e. The van der Waals surface area contributed by atoms with Gasteiger partial charge < -0.3 is 4.74 Å². The molecule has 2 nitrogen and oxygen atoms in total. The van der Waals surface area contributed by atoms with Crippen LogP contribution >= 0.6 is 23.4 Å². The van der Waals surface area contributed by atoms with Gasteiger partial charge >= 0.3 is 5.51 Å². The third-order valence-electron chi connectivity index (χ3n) is 2.11. The highest BCUT2D eigenvalue weighted by atomic mass is 35.5. The molecule has 0 unspecified atom stereocenters. The molecule has 0 aromatic heterocycles. The lowest BCUT2D eigenvalue weighted by atomic mass is 10.1. The first-order valence-electron chi connectivity index (χ1n) is 5.45. The van der Waals surface area contributed by atoms with Gasteiger partial charge in [-0.25, -0.2) is 0 Å². The number of ether oxygens (including phenoxy) is 1. The zero-order valence-corrected chi connectivity index (χ0v) is 11.7. The molecule has 0 N–H and O–H groups in total. The van der Waals surface area contributed by atoms with Gasteiger partial charge in [-0.2, -0.15) is 13.2 Å². The number of carbonyl (C=O) groups excluding carboxylic acids is 1. The fraction of sp³-hybridized carbons (Fsp3) is 0.417. The predicted octanol–water partition coefficient (Wildman–Crippen LogP) is 4.05. The molecule has 1 aromatic rings. The summed E-state index contributed by atoms with van der Waals surface area (Å²) in [6, 6.07) is 4.29. The van der Waals surface area contributed by atoms with Crippen molar-refractivity contribution in [2.45, 2.75) is 23.7 Å². The van der Waals surface area contributed by atoms with Crippen molar-refractivity contribution < 1.29 is 22.7 Å². The number of thioether (sulfide) groups is 1.